The van der Waals surface area contributed by atoms with Gasteiger partial charge in [-0.1, -0.05) is 52.7 Å². The summed E-state index contributed by atoms with van der Waals surface area (Å²) in [6, 6.07) is 9.08. The topological polar surface area (TPSA) is 15.3 Å². The zero-order chi connectivity index (χ0) is 15.7. The molecule has 0 spiro atoms. The van der Waals surface area contributed by atoms with E-state index >= 15 is 0 Å². The van der Waals surface area contributed by atoms with E-state index in [0.29, 0.717) is 5.92 Å². The molecule has 0 saturated carbocycles. The molecule has 2 nitrogen and oxygen atoms in total. The molecule has 0 amide bonds. The van der Waals surface area contributed by atoms with Crippen molar-refractivity contribution >= 4 is 5.69 Å². The molecule has 1 N–H and O–H groups in total. The molecule has 120 valence electrons. The number of rotatable bonds is 10. The van der Waals surface area contributed by atoms with Crippen LogP contribution in [0.1, 0.15) is 53.0 Å². The van der Waals surface area contributed by atoms with Crippen LogP contribution in [0.2, 0.25) is 0 Å². The summed E-state index contributed by atoms with van der Waals surface area (Å²) in [5.41, 5.74) is 2.73. The summed E-state index contributed by atoms with van der Waals surface area (Å²) in [4.78, 5) is 2.50. The van der Waals surface area contributed by atoms with Crippen LogP contribution in [0.3, 0.4) is 0 Å². The molecule has 21 heavy (non-hydrogen) atoms. The average Bonchev–Trinajstić information content (AvgIpc) is 2.49. The fraction of sp³-hybridized carbons (Fsp3) is 0.684. The molecule has 0 aliphatic heterocycles. The molecular weight excluding hydrogens is 256 g/mol. The second kappa shape index (κ2) is 9.83. The van der Waals surface area contributed by atoms with Crippen molar-refractivity contribution in [2.45, 2.75) is 54.0 Å². The summed E-state index contributed by atoms with van der Waals surface area (Å²) < 4.78 is 0. The Kier molecular flexibility index (Phi) is 8.44. The zero-order valence-electron chi connectivity index (χ0n) is 14.7. The molecule has 0 aromatic heterocycles. The molecule has 0 radical (unpaired) electrons. The smallest absolute Gasteiger partial charge is 0.0366 e. The van der Waals surface area contributed by atoms with Gasteiger partial charge >= 0.3 is 0 Å². The lowest BCUT2D eigenvalue weighted by Gasteiger charge is -2.27. The molecule has 0 saturated heterocycles. The molecule has 1 aromatic rings. The molecular formula is C19H34N2. The van der Waals surface area contributed by atoms with E-state index in [2.05, 4.69) is 69.1 Å². The first-order chi connectivity index (χ1) is 10.1. The first-order valence-electron chi connectivity index (χ1n) is 8.65. The number of hydrogen-bond donors (Lipinski definition) is 1. The quantitative estimate of drug-likeness (QED) is 0.672. The Morgan fingerprint density at radius 2 is 1.62 bits per heavy atom. The van der Waals surface area contributed by atoms with Crippen molar-refractivity contribution in [3.63, 3.8) is 0 Å². The van der Waals surface area contributed by atoms with Gasteiger partial charge < -0.3 is 10.2 Å². The first-order valence-corrected chi connectivity index (χ1v) is 8.65. The second-order valence-corrected chi connectivity index (χ2v) is 6.41. The monoisotopic (exact) mass is 290 g/mol. The van der Waals surface area contributed by atoms with Gasteiger partial charge in [0.05, 0.1) is 0 Å². The van der Waals surface area contributed by atoms with Crippen molar-refractivity contribution in [1.29, 1.82) is 0 Å². The first kappa shape index (κ1) is 18.0. The average molecular weight is 290 g/mol. The minimum absolute atomic E-state index is 0.708. The van der Waals surface area contributed by atoms with Gasteiger partial charge in [0.2, 0.25) is 0 Å². The number of anilines is 1. The predicted molar refractivity (Wildman–Crippen MR) is 94.9 cm³/mol. The molecule has 0 heterocycles. The lowest BCUT2D eigenvalue weighted by atomic mass is 10.0. The van der Waals surface area contributed by atoms with Crippen molar-refractivity contribution in [1.82, 2.24) is 5.32 Å². The maximum Gasteiger partial charge on any atom is 0.0366 e. The molecule has 0 aliphatic carbocycles. The van der Waals surface area contributed by atoms with Gasteiger partial charge in [0, 0.05) is 25.3 Å². The summed E-state index contributed by atoms with van der Waals surface area (Å²) in [5, 5.41) is 3.50. The summed E-state index contributed by atoms with van der Waals surface area (Å²) in [6.07, 6.45) is 2.54. The van der Waals surface area contributed by atoms with Gasteiger partial charge in [-0.05, 0) is 43.0 Å². The molecule has 0 bridgehead atoms. The van der Waals surface area contributed by atoms with Gasteiger partial charge in [-0.2, -0.15) is 0 Å². The van der Waals surface area contributed by atoms with Gasteiger partial charge in [0.25, 0.3) is 0 Å². The van der Waals surface area contributed by atoms with Crippen LogP contribution in [0.4, 0.5) is 5.69 Å². The highest BCUT2D eigenvalue weighted by Gasteiger charge is 2.10. The third-order valence-corrected chi connectivity index (χ3v) is 4.20. The minimum atomic E-state index is 0.708. The molecule has 0 fully saturated rings. The van der Waals surface area contributed by atoms with Gasteiger partial charge in [-0.25, -0.2) is 0 Å². The summed E-state index contributed by atoms with van der Waals surface area (Å²) in [5.74, 6) is 1.51. The maximum atomic E-state index is 3.50. The maximum absolute atomic E-state index is 3.50. The Morgan fingerprint density at radius 1 is 1.00 bits per heavy atom. The molecule has 1 rings (SSSR count). The molecule has 0 aliphatic rings. The highest BCUT2D eigenvalue weighted by molar-refractivity contribution is 5.47. The zero-order valence-corrected chi connectivity index (χ0v) is 14.7. The fourth-order valence-electron chi connectivity index (χ4n) is 2.61. The van der Waals surface area contributed by atoms with E-state index in [1.807, 2.05) is 0 Å². The van der Waals surface area contributed by atoms with Crippen LogP contribution in [0.25, 0.3) is 0 Å². The van der Waals surface area contributed by atoms with Crippen molar-refractivity contribution in [2.75, 3.05) is 24.5 Å². The van der Waals surface area contributed by atoms with E-state index in [1.165, 1.54) is 30.6 Å². The largest absolute Gasteiger partial charge is 0.372 e. The van der Waals surface area contributed by atoms with Crippen molar-refractivity contribution < 1.29 is 0 Å². The summed E-state index contributed by atoms with van der Waals surface area (Å²) >= 11 is 0. The standard InChI is InChI=1S/C19H34N2/c1-6-17(7-2)15-21(8-3)19-11-9-18(10-12-19)14-20-13-16(4)5/h9-12,16-17,20H,6-8,13-15H2,1-5H3. The normalized spacial score (nSPS) is 11.4. The van der Waals surface area contributed by atoms with E-state index in [4.69, 9.17) is 0 Å². The molecule has 0 unspecified atom stereocenters. The SMILES string of the molecule is CCC(CC)CN(CC)c1ccc(CNCC(C)C)cc1. The molecule has 0 atom stereocenters. The third kappa shape index (κ3) is 6.52. The van der Waals surface area contributed by atoms with Gasteiger partial charge in [0.1, 0.15) is 0 Å². The van der Waals surface area contributed by atoms with E-state index in [1.54, 1.807) is 0 Å². The lowest BCUT2D eigenvalue weighted by Crippen LogP contribution is -2.29. The van der Waals surface area contributed by atoms with Crippen LogP contribution in [-0.2, 0) is 6.54 Å². The van der Waals surface area contributed by atoms with E-state index in [9.17, 15) is 0 Å². The van der Waals surface area contributed by atoms with Crippen LogP contribution in [0, 0.1) is 11.8 Å². The van der Waals surface area contributed by atoms with E-state index in [0.717, 1.165) is 25.6 Å². The fourth-order valence-corrected chi connectivity index (χ4v) is 2.61. The second-order valence-electron chi connectivity index (χ2n) is 6.41. The highest BCUT2D eigenvalue weighted by Crippen LogP contribution is 2.19. The number of nitrogens with one attached hydrogen (secondary N) is 1. The van der Waals surface area contributed by atoms with Gasteiger partial charge in [0.15, 0.2) is 0 Å². The third-order valence-electron chi connectivity index (χ3n) is 4.20. The van der Waals surface area contributed by atoms with Crippen LogP contribution >= 0.6 is 0 Å². The van der Waals surface area contributed by atoms with Crippen LogP contribution in [0.15, 0.2) is 24.3 Å². The Labute approximate surface area is 131 Å². The van der Waals surface area contributed by atoms with Crippen LogP contribution in [0.5, 0.6) is 0 Å². The molecule has 2 heteroatoms. The molecule has 1 aromatic carbocycles. The van der Waals surface area contributed by atoms with Crippen molar-refractivity contribution in [3.8, 4) is 0 Å². The Morgan fingerprint density at radius 3 is 2.10 bits per heavy atom. The Hall–Kier alpha value is -1.02. The predicted octanol–water partition coefficient (Wildman–Crippen LogP) is 4.69. The van der Waals surface area contributed by atoms with E-state index < -0.39 is 0 Å². The number of hydrogen-bond acceptors (Lipinski definition) is 2. The van der Waals surface area contributed by atoms with Crippen LogP contribution in [-0.4, -0.2) is 19.6 Å². The van der Waals surface area contributed by atoms with E-state index in [-0.39, 0.29) is 0 Å². The number of benzene rings is 1. The Balaban J connectivity index is 2.57. The van der Waals surface area contributed by atoms with Gasteiger partial charge in [-0.15, -0.1) is 0 Å². The van der Waals surface area contributed by atoms with Gasteiger partial charge in [-0.3, -0.25) is 0 Å². The van der Waals surface area contributed by atoms with Crippen molar-refractivity contribution in [2.24, 2.45) is 11.8 Å². The number of nitrogens with zero attached hydrogens (tertiary/aromatic N) is 1. The Bertz CT molecular complexity index is 366. The van der Waals surface area contributed by atoms with Crippen molar-refractivity contribution in [3.05, 3.63) is 29.8 Å². The summed E-state index contributed by atoms with van der Waals surface area (Å²) in [7, 11) is 0. The minimum Gasteiger partial charge on any atom is -0.372 e. The van der Waals surface area contributed by atoms with Crippen LogP contribution < -0.4 is 10.2 Å². The highest BCUT2D eigenvalue weighted by atomic mass is 15.1. The summed E-state index contributed by atoms with van der Waals surface area (Å²) in [6.45, 7) is 15.6. The lowest BCUT2D eigenvalue weighted by molar-refractivity contribution is 0.486.